The van der Waals surface area contributed by atoms with E-state index in [1.165, 1.54) is 0 Å². The molecule has 0 aliphatic rings. The number of carbonyl (C=O) groups excluding carboxylic acids is 1. The average molecular weight is 390 g/mol. The zero-order valence-electron chi connectivity index (χ0n) is 16.6. The van der Waals surface area contributed by atoms with Gasteiger partial charge in [-0.25, -0.2) is 0 Å². The summed E-state index contributed by atoms with van der Waals surface area (Å²) in [7, 11) is 3.38. The molecule has 0 spiro atoms. The van der Waals surface area contributed by atoms with Gasteiger partial charge in [0.1, 0.15) is 11.4 Å². The molecular formula is C22H22N4O3. The van der Waals surface area contributed by atoms with E-state index in [0.29, 0.717) is 30.2 Å². The third-order valence-corrected chi connectivity index (χ3v) is 4.91. The number of hydrogen-bond acceptors (Lipinski definition) is 5. The van der Waals surface area contributed by atoms with E-state index in [1.807, 2.05) is 43.3 Å². The van der Waals surface area contributed by atoms with Gasteiger partial charge in [0.25, 0.3) is 11.8 Å². The van der Waals surface area contributed by atoms with Crippen LogP contribution in [0.4, 0.5) is 0 Å². The lowest BCUT2D eigenvalue weighted by Crippen LogP contribution is -2.29. The van der Waals surface area contributed by atoms with Crippen LogP contribution in [0.1, 0.15) is 21.7 Å². The van der Waals surface area contributed by atoms with Crippen LogP contribution in [0.5, 0.6) is 5.75 Å². The summed E-state index contributed by atoms with van der Waals surface area (Å²) in [6, 6.07) is 15.4. The standard InChI is InChI=1S/C22H22N4O3/c1-14-12-16(28-3)8-9-17(14)22(27)26(2)11-10-20-24-21(29-25-20)19-13-15-6-4-5-7-18(15)23-19/h4-9,12-13,23H,10-11H2,1-3H3. The van der Waals surface area contributed by atoms with Gasteiger partial charge in [-0.3, -0.25) is 4.79 Å². The minimum Gasteiger partial charge on any atom is -0.497 e. The van der Waals surface area contributed by atoms with Crippen LogP contribution >= 0.6 is 0 Å². The molecule has 2 aromatic carbocycles. The number of rotatable bonds is 6. The summed E-state index contributed by atoms with van der Waals surface area (Å²) in [5, 5.41) is 5.13. The molecule has 29 heavy (non-hydrogen) atoms. The number of aromatic amines is 1. The van der Waals surface area contributed by atoms with Crippen molar-refractivity contribution in [2.75, 3.05) is 20.7 Å². The topological polar surface area (TPSA) is 84.2 Å². The van der Waals surface area contributed by atoms with E-state index in [-0.39, 0.29) is 5.91 Å². The molecule has 2 aromatic heterocycles. The number of nitrogens with one attached hydrogen (secondary N) is 1. The fourth-order valence-electron chi connectivity index (χ4n) is 3.23. The molecule has 4 aromatic rings. The van der Waals surface area contributed by atoms with Gasteiger partial charge in [0.2, 0.25) is 0 Å². The van der Waals surface area contributed by atoms with Crippen molar-refractivity contribution in [3.63, 3.8) is 0 Å². The van der Waals surface area contributed by atoms with Crippen LogP contribution in [0.2, 0.25) is 0 Å². The van der Waals surface area contributed by atoms with Gasteiger partial charge in [0.05, 0.1) is 7.11 Å². The molecule has 0 saturated carbocycles. The summed E-state index contributed by atoms with van der Waals surface area (Å²) in [5.74, 6) is 1.68. The molecule has 0 fully saturated rings. The van der Waals surface area contributed by atoms with Crippen LogP contribution in [-0.2, 0) is 6.42 Å². The number of H-pyrrole nitrogens is 1. The third-order valence-electron chi connectivity index (χ3n) is 4.91. The molecule has 0 saturated heterocycles. The first-order valence-corrected chi connectivity index (χ1v) is 9.36. The molecule has 2 heterocycles. The molecule has 0 bridgehead atoms. The smallest absolute Gasteiger partial charge is 0.274 e. The number of methoxy groups -OCH3 is 1. The van der Waals surface area contributed by atoms with Crippen LogP contribution in [0.15, 0.2) is 53.1 Å². The number of benzene rings is 2. The van der Waals surface area contributed by atoms with E-state index in [4.69, 9.17) is 9.26 Å². The minimum atomic E-state index is -0.0514. The summed E-state index contributed by atoms with van der Waals surface area (Å²) in [5.41, 5.74) is 3.33. The zero-order valence-corrected chi connectivity index (χ0v) is 16.6. The largest absolute Gasteiger partial charge is 0.497 e. The van der Waals surface area contributed by atoms with Crippen molar-refractivity contribution in [3.05, 3.63) is 65.5 Å². The number of carbonyl (C=O) groups is 1. The number of fused-ring (bicyclic) bond motifs is 1. The number of ether oxygens (including phenoxy) is 1. The first-order chi connectivity index (χ1) is 14.0. The van der Waals surface area contributed by atoms with Crippen LogP contribution in [0, 0.1) is 6.92 Å². The van der Waals surface area contributed by atoms with Gasteiger partial charge >= 0.3 is 0 Å². The fraction of sp³-hybridized carbons (Fsp3) is 0.227. The normalized spacial score (nSPS) is 11.0. The third kappa shape index (κ3) is 3.85. The molecule has 0 aliphatic carbocycles. The molecule has 1 amide bonds. The highest BCUT2D eigenvalue weighted by Crippen LogP contribution is 2.23. The van der Waals surface area contributed by atoms with Gasteiger partial charge in [-0.2, -0.15) is 4.98 Å². The van der Waals surface area contributed by atoms with E-state index in [2.05, 4.69) is 15.1 Å². The first-order valence-electron chi connectivity index (χ1n) is 9.36. The van der Waals surface area contributed by atoms with E-state index in [0.717, 1.165) is 27.9 Å². The van der Waals surface area contributed by atoms with E-state index in [1.54, 1.807) is 31.2 Å². The van der Waals surface area contributed by atoms with Gasteiger partial charge in [-0.05, 0) is 42.8 Å². The molecule has 0 unspecified atom stereocenters. The van der Waals surface area contributed by atoms with E-state index < -0.39 is 0 Å². The summed E-state index contributed by atoms with van der Waals surface area (Å²) in [6.45, 7) is 2.38. The number of aromatic nitrogens is 3. The molecule has 1 N–H and O–H groups in total. The second-order valence-corrected chi connectivity index (χ2v) is 6.94. The summed E-state index contributed by atoms with van der Waals surface area (Å²) in [4.78, 5) is 22.1. The highest BCUT2D eigenvalue weighted by atomic mass is 16.5. The highest BCUT2D eigenvalue weighted by molar-refractivity contribution is 5.95. The van der Waals surface area contributed by atoms with Crippen molar-refractivity contribution < 1.29 is 14.1 Å². The van der Waals surface area contributed by atoms with Crippen LogP contribution in [0.25, 0.3) is 22.5 Å². The monoisotopic (exact) mass is 390 g/mol. The first kappa shape index (κ1) is 18.7. The molecule has 7 heteroatoms. The van der Waals surface area contributed by atoms with Crippen molar-refractivity contribution >= 4 is 16.8 Å². The quantitative estimate of drug-likeness (QED) is 0.541. The number of aryl methyl sites for hydroxylation is 1. The lowest BCUT2D eigenvalue weighted by molar-refractivity contribution is 0.0795. The van der Waals surface area contributed by atoms with Gasteiger partial charge in [-0.1, -0.05) is 23.4 Å². The number of hydrogen-bond donors (Lipinski definition) is 1. The Hall–Kier alpha value is -3.61. The Kier molecular flexibility index (Phi) is 5.03. The Balaban J connectivity index is 1.42. The summed E-state index contributed by atoms with van der Waals surface area (Å²) >= 11 is 0. The molecule has 0 radical (unpaired) electrons. The van der Waals surface area contributed by atoms with Gasteiger partial charge in [0.15, 0.2) is 5.82 Å². The van der Waals surface area contributed by atoms with Crippen molar-refractivity contribution in [1.82, 2.24) is 20.0 Å². The lowest BCUT2D eigenvalue weighted by Gasteiger charge is -2.17. The Morgan fingerprint density at radius 2 is 2.03 bits per heavy atom. The van der Waals surface area contributed by atoms with E-state index in [9.17, 15) is 4.79 Å². The van der Waals surface area contributed by atoms with Gasteiger partial charge in [0, 0.05) is 36.5 Å². The fourth-order valence-corrected chi connectivity index (χ4v) is 3.23. The van der Waals surface area contributed by atoms with Gasteiger partial charge < -0.3 is 19.1 Å². The molecule has 148 valence electrons. The maximum absolute atomic E-state index is 12.7. The van der Waals surface area contributed by atoms with Crippen LogP contribution in [0.3, 0.4) is 0 Å². The minimum absolute atomic E-state index is 0.0514. The number of amides is 1. The second kappa shape index (κ2) is 7.79. The lowest BCUT2D eigenvalue weighted by atomic mass is 10.1. The predicted octanol–water partition coefficient (Wildman–Crippen LogP) is 3.85. The van der Waals surface area contributed by atoms with Crippen molar-refractivity contribution in [2.45, 2.75) is 13.3 Å². The average Bonchev–Trinajstić information content (AvgIpc) is 3.38. The van der Waals surface area contributed by atoms with Crippen molar-refractivity contribution in [1.29, 1.82) is 0 Å². The predicted molar refractivity (Wildman–Crippen MR) is 110 cm³/mol. The number of para-hydroxylation sites is 1. The molecular weight excluding hydrogens is 368 g/mol. The molecule has 7 nitrogen and oxygen atoms in total. The Morgan fingerprint density at radius 3 is 2.79 bits per heavy atom. The maximum atomic E-state index is 12.7. The molecule has 4 rings (SSSR count). The van der Waals surface area contributed by atoms with E-state index >= 15 is 0 Å². The molecule has 0 atom stereocenters. The highest BCUT2D eigenvalue weighted by Gasteiger charge is 2.17. The van der Waals surface area contributed by atoms with Crippen molar-refractivity contribution in [3.8, 4) is 17.3 Å². The van der Waals surface area contributed by atoms with Crippen LogP contribution in [-0.4, -0.2) is 46.6 Å². The van der Waals surface area contributed by atoms with Crippen molar-refractivity contribution in [2.24, 2.45) is 0 Å². The SMILES string of the molecule is COc1ccc(C(=O)N(C)CCc2noc(-c3cc4ccccc4[nH]3)n2)c(C)c1. The zero-order chi connectivity index (χ0) is 20.4. The Morgan fingerprint density at radius 1 is 1.21 bits per heavy atom. The summed E-state index contributed by atoms with van der Waals surface area (Å²) < 4.78 is 10.6. The maximum Gasteiger partial charge on any atom is 0.274 e. The Labute approximate surface area is 168 Å². The summed E-state index contributed by atoms with van der Waals surface area (Å²) in [6.07, 6.45) is 0.501. The number of likely N-dealkylation sites (N-methyl/N-ethyl adjacent to an activating group) is 1. The second-order valence-electron chi connectivity index (χ2n) is 6.94. The number of nitrogens with zero attached hydrogens (tertiary/aromatic N) is 3. The van der Waals surface area contributed by atoms with Gasteiger partial charge in [-0.15, -0.1) is 0 Å². The van der Waals surface area contributed by atoms with Crippen LogP contribution < -0.4 is 4.74 Å². The Bertz CT molecular complexity index is 1130. The molecule has 0 aliphatic heterocycles.